The minimum atomic E-state index is -2.41. The van der Waals surface area contributed by atoms with Crippen molar-refractivity contribution in [3.05, 3.63) is 108 Å². The van der Waals surface area contributed by atoms with E-state index in [1.807, 2.05) is 91.0 Å². The number of aliphatic hydroxyl groups is 2. The number of quaternary nitrogens is 2. The number of rotatable bonds is 9. The molecule has 0 fully saturated rings. The van der Waals surface area contributed by atoms with Crippen LogP contribution in [-0.4, -0.2) is 95.1 Å². The Morgan fingerprint density at radius 3 is 1.03 bits per heavy atom. The van der Waals surface area contributed by atoms with Gasteiger partial charge in [0.25, 0.3) is 0 Å². The zero-order chi connectivity index (χ0) is 28.0. The molecule has 0 spiro atoms. The van der Waals surface area contributed by atoms with Gasteiger partial charge in [0.1, 0.15) is 18.7 Å². The summed E-state index contributed by atoms with van der Waals surface area (Å²) in [4.78, 5) is 0. The maximum atomic E-state index is 11.5. The fourth-order valence-electron chi connectivity index (χ4n) is 3.47. The van der Waals surface area contributed by atoms with Gasteiger partial charge in [0, 0.05) is 0 Å². The lowest BCUT2D eigenvalue weighted by Gasteiger charge is -2.44. The molecule has 3 aromatic rings. The van der Waals surface area contributed by atoms with E-state index in [-0.39, 0.29) is 13.2 Å². The smallest absolute Gasteiger partial charge is 0.126 e. The van der Waals surface area contributed by atoms with Crippen LogP contribution in [0.25, 0.3) is 0 Å². The molecule has 0 aliphatic carbocycles. The Bertz CT molecular complexity index is 863. The molecule has 202 valence electrons. The van der Waals surface area contributed by atoms with E-state index in [1.165, 1.54) is 0 Å². The third-order valence-electron chi connectivity index (χ3n) is 5.36. The minimum Gasteiger partial charge on any atom is -0.871 e. The second kappa shape index (κ2) is 15.6. The van der Waals surface area contributed by atoms with Gasteiger partial charge in [-0.05, 0) is 16.7 Å². The highest BCUT2D eigenvalue weighted by atomic mass is 16.6. The predicted molar refractivity (Wildman–Crippen MR) is 146 cm³/mol. The van der Waals surface area contributed by atoms with Crippen LogP contribution in [0.3, 0.4) is 0 Å². The fraction of sp³-hybridized carbons (Fsp3) is 0.379. The van der Waals surface area contributed by atoms with Crippen molar-refractivity contribution in [3.8, 4) is 0 Å². The van der Waals surface area contributed by atoms with Crippen molar-refractivity contribution in [2.45, 2.75) is 5.60 Å². The van der Waals surface area contributed by atoms with Gasteiger partial charge in [-0.15, -0.1) is 0 Å². The number of hydrogen-bond acceptors (Lipinski definition) is 5. The zero-order valence-corrected chi connectivity index (χ0v) is 23.1. The molecule has 0 saturated carbocycles. The van der Waals surface area contributed by atoms with E-state index in [4.69, 9.17) is 14.9 Å². The zero-order valence-electron chi connectivity index (χ0n) is 23.1. The molecule has 0 unspecified atom stereocenters. The number of aliphatic hydroxyl groups excluding tert-OH is 2. The first-order chi connectivity index (χ1) is 17.4. The highest BCUT2D eigenvalue weighted by molar-refractivity contribution is 6.28. The van der Waals surface area contributed by atoms with Gasteiger partial charge in [-0.1, -0.05) is 91.0 Å². The van der Waals surface area contributed by atoms with Crippen molar-refractivity contribution in [3.63, 3.8) is 0 Å². The summed E-state index contributed by atoms with van der Waals surface area (Å²) in [6, 6.07) is 28.0. The summed E-state index contributed by atoms with van der Waals surface area (Å²) in [6.07, 6.45) is 0. The Balaban J connectivity index is 0.000000404. The highest BCUT2D eigenvalue weighted by Crippen LogP contribution is 2.40. The molecule has 0 bridgehead atoms. The van der Waals surface area contributed by atoms with Crippen LogP contribution in [0.4, 0.5) is 0 Å². The van der Waals surface area contributed by atoms with Crippen molar-refractivity contribution in [2.24, 2.45) is 0 Å². The van der Waals surface area contributed by atoms with E-state index < -0.39 is 12.9 Å². The topological polar surface area (TPSA) is 95.8 Å². The van der Waals surface area contributed by atoms with Crippen LogP contribution in [0.5, 0.6) is 0 Å². The van der Waals surface area contributed by atoms with Gasteiger partial charge in [-0.25, -0.2) is 0 Å². The molecule has 0 atom stereocenters. The maximum absolute atomic E-state index is 11.5. The second-order valence-electron chi connectivity index (χ2n) is 10.7. The Morgan fingerprint density at radius 1 is 0.595 bits per heavy atom. The van der Waals surface area contributed by atoms with Crippen LogP contribution in [0.1, 0.15) is 16.7 Å². The minimum absolute atomic E-state index is 0.281. The molecule has 3 aromatic carbocycles. The van der Waals surface area contributed by atoms with Crippen molar-refractivity contribution in [2.75, 3.05) is 68.6 Å². The summed E-state index contributed by atoms with van der Waals surface area (Å²) in [5, 5.41) is 39.7. The number of nitrogens with zero attached hydrogens (tertiary/aromatic N) is 2. The van der Waals surface area contributed by atoms with Gasteiger partial charge >= 0.3 is 0 Å². The van der Waals surface area contributed by atoms with E-state index >= 15 is 0 Å². The summed E-state index contributed by atoms with van der Waals surface area (Å²) in [5.74, 6) is 0. The molecule has 0 radical (unpaired) electrons. The molecular weight excluding hydrogens is 467 g/mol. The van der Waals surface area contributed by atoms with E-state index in [0.717, 1.165) is 38.7 Å². The molecule has 0 amide bonds. The van der Waals surface area contributed by atoms with Crippen LogP contribution < -0.4 is 10.0 Å². The molecule has 37 heavy (non-hydrogen) atoms. The van der Waals surface area contributed by atoms with Crippen LogP contribution in [-0.2, 0) is 10.3 Å². The lowest BCUT2D eigenvalue weighted by Crippen LogP contribution is -2.54. The van der Waals surface area contributed by atoms with Crippen LogP contribution >= 0.6 is 0 Å². The quantitative estimate of drug-likeness (QED) is 0.255. The Labute approximate surface area is 223 Å². The SMILES string of the molecule is C[N+](C)(C)CCO.C[N+](C)(C)CCO.[O-]B([O-])OC(c1ccccc1)(c1ccccc1)c1ccccc1. The van der Waals surface area contributed by atoms with Gasteiger partial charge in [-0.2, -0.15) is 0 Å². The highest BCUT2D eigenvalue weighted by Gasteiger charge is 2.35. The van der Waals surface area contributed by atoms with Crippen molar-refractivity contribution < 1.29 is 33.9 Å². The predicted octanol–water partition coefficient (Wildman–Crippen LogP) is 1.07. The van der Waals surface area contributed by atoms with Crippen molar-refractivity contribution in [1.82, 2.24) is 0 Å². The van der Waals surface area contributed by atoms with Crippen molar-refractivity contribution in [1.29, 1.82) is 0 Å². The maximum Gasteiger partial charge on any atom is 0.126 e. The molecule has 0 aromatic heterocycles. The Kier molecular flexibility index (Phi) is 13.7. The number of hydrogen-bond donors (Lipinski definition) is 2. The van der Waals surface area contributed by atoms with Crippen LogP contribution in [0, 0.1) is 0 Å². The first kappa shape index (κ1) is 32.5. The molecule has 2 N–H and O–H groups in total. The first-order valence-corrected chi connectivity index (χ1v) is 12.3. The Hall–Kier alpha value is -2.56. The first-order valence-electron chi connectivity index (χ1n) is 12.3. The number of benzene rings is 3. The lowest BCUT2D eigenvalue weighted by molar-refractivity contribution is -0.870. The third-order valence-corrected chi connectivity index (χ3v) is 5.36. The van der Waals surface area contributed by atoms with Gasteiger partial charge < -0.3 is 33.9 Å². The molecule has 0 heterocycles. The summed E-state index contributed by atoms with van der Waals surface area (Å²) >= 11 is 0. The average Bonchev–Trinajstić information content (AvgIpc) is 2.83. The summed E-state index contributed by atoms with van der Waals surface area (Å²) in [5.41, 5.74) is 1.01. The normalized spacial score (nSPS) is 11.5. The summed E-state index contributed by atoms with van der Waals surface area (Å²) in [7, 11) is 9.90. The van der Waals surface area contributed by atoms with Gasteiger partial charge in [0.2, 0.25) is 0 Å². The van der Waals surface area contributed by atoms with Gasteiger partial charge in [0.05, 0.1) is 62.8 Å². The van der Waals surface area contributed by atoms with Crippen molar-refractivity contribution >= 4 is 7.32 Å². The lowest BCUT2D eigenvalue weighted by atomic mass is 9.79. The molecule has 7 nitrogen and oxygen atoms in total. The molecule has 3 rings (SSSR count). The van der Waals surface area contributed by atoms with Gasteiger partial charge in [0.15, 0.2) is 0 Å². The molecular formula is C29H43BN2O5. The summed E-state index contributed by atoms with van der Waals surface area (Å²) < 4.78 is 7.17. The second-order valence-corrected chi connectivity index (χ2v) is 10.7. The standard InChI is InChI=1S/C19H15BO3.2C5H14NO/c21-20(22)23-19(16-10-4-1-5-11-16,17-12-6-2-7-13-17)18-14-8-3-9-15-18;2*1-6(2,3)4-5-7/h1-15H;2*7H,4-5H2,1-3H3/q-2;2*+1. The summed E-state index contributed by atoms with van der Waals surface area (Å²) in [6.45, 7) is 2.23. The average molecular weight is 510 g/mol. The van der Waals surface area contributed by atoms with Gasteiger partial charge in [-0.3, -0.25) is 0 Å². The van der Waals surface area contributed by atoms with Crippen LogP contribution in [0.2, 0.25) is 0 Å². The van der Waals surface area contributed by atoms with Crippen LogP contribution in [0.15, 0.2) is 91.0 Å². The number of likely N-dealkylation sites (N-methyl/N-ethyl adjacent to an activating group) is 2. The van der Waals surface area contributed by atoms with E-state index in [2.05, 4.69) is 42.3 Å². The third kappa shape index (κ3) is 12.0. The Morgan fingerprint density at radius 2 is 0.865 bits per heavy atom. The largest absolute Gasteiger partial charge is 0.871 e. The van der Waals surface area contributed by atoms with E-state index in [9.17, 15) is 10.0 Å². The molecule has 0 saturated heterocycles. The van der Waals surface area contributed by atoms with E-state index in [1.54, 1.807) is 0 Å². The fourth-order valence-corrected chi connectivity index (χ4v) is 3.47. The monoisotopic (exact) mass is 510 g/mol. The molecule has 0 aliphatic rings. The van der Waals surface area contributed by atoms with E-state index in [0.29, 0.717) is 0 Å². The molecule has 0 aliphatic heterocycles. The molecule has 8 heteroatoms.